The van der Waals surface area contributed by atoms with Crippen LogP contribution in [0.4, 0.5) is 0 Å². The number of hydrogen-bond acceptors (Lipinski definition) is 3. The van der Waals surface area contributed by atoms with E-state index in [0.29, 0.717) is 6.04 Å². The predicted molar refractivity (Wildman–Crippen MR) is 70.8 cm³/mol. The van der Waals surface area contributed by atoms with Crippen LogP contribution in [0.25, 0.3) is 0 Å². The van der Waals surface area contributed by atoms with E-state index in [1.54, 1.807) is 6.92 Å². The van der Waals surface area contributed by atoms with Crippen molar-refractivity contribution in [2.75, 3.05) is 20.1 Å². The molecule has 0 saturated carbocycles. The number of carbonyl (C=O) groups excluding carboxylic acids is 1. The van der Waals surface area contributed by atoms with Crippen LogP contribution in [0.1, 0.15) is 40.0 Å². The minimum Gasteiger partial charge on any atom is -0.337 e. The molecule has 1 fully saturated rings. The minimum atomic E-state index is -0.397. The van der Waals surface area contributed by atoms with Crippen LogP contribution in [0.15, 0.2) is 0 Å². The zero-order chi connectivity index (χ0) is 13.0. The monoisotopic (exact) mass is 241 g/mol. The second-order valence-electron chi connectivity index (χ2n) is 5.50. The highest BCUT2D eigenvalue weighted by molar-refractivity contribution is 5.81. The molecule has 0 aromatic heterocycles. The van der Waals surface area contributed by atoms with Crippen molar-refractivity contribution >= 4 is 5.91 Å². The fourth-order valence-corrected chi connectivity index (χ4v) is 2.42. The largest absolute Gasteiger partial charge is 0.337 e. The molecule has 4 heteroatoms. The first-order chi connectivity index (χ1) is 7.93. The molecule has 1 amide bonds. The van der Waals surface area contributed by atoms with E-state index in [2.05, 4.69) is 25.8 Å². The third kappa shape index (κ3) is 3.96. The lowest BCUT2D eigenvalue weighted by Gasteiger charge is -2.38. The quantitative estimate of drug-likeness (QED) is 0.800. The zero-order valence-corrected chi connectivity index (χ0v) is 11.6. The normalized spacial score (nSPS) is 23.8. The minimum absolute atomic E-state index is 0.0685. The molecule has 1 heterocycles. The van der Waals surface area contributed by atoms with Crippen molar-refractivity contribution in [2.45, 2.75) is 58.2 Å². The summed E-state index contributed by atoms with van der Waals surface area (Å²) in [6.07, 6.45) is 3.73. The van der Waals surface area contributed by atoms with Crippen LogP contribution in [-0.2, 0) is 4.79 Å². The Morgan fingerprint density at radius 1 is 1.41 bits per heavy atom. The average molecular weight is 241 g/mol. The average Bonchev–Trinajstić information content (AvgIpc) is 2.26. The van der Waals surface area contributed by atoms with Gasteiger partial charge in [0.2, 0.25) is 5.91 Å². The summed E-state index contributed by atoms with van der Waals surface area (Å²) in [6, 6.07) is 0.323. The van der Waals surface area contributed by atoms with Crippen LogP contribution in [-0.4, -0.2) is 54.0 Å². The van der Waals surface area contributed by atoms with E-state index in [0.717, 1.165) is 13.1 Å². The van der Waals surface area contributed by atoms with Crippen molar-refractivity contribution in [2.24, 2.45) is 5.73 Å². The smallest absolute Gasteiger partial charge is 0.239 e. The fraction of sp³-hybridized carbons (Fsp3) is 0.923. The van der Waals surface area contributed by atoms with Crippen molar-refractivity contribution in [3.05, 3.63) is 0 Å². The highest BCUT2D eigenvalue weighted by Gasteiger charge is 2.26. The van der Waals surface area contributed by atoms with E-state index in [-0.39, 0.29) is 11.9 Å². The predicted octanol–water partition coefficient (Wildman–Crippen LogP) is 1.05. The van der Waals surface area contributed by atoms with Gasteiger partial charge in [-0.1, -0.05) is 6.42 Å². The third-order valence-electron chi connectivity index (χ3n) is 3.62. The molecular weight excluding hydrogens is 214 g/mol. The standard InChI is InChI=1S/C13H27N3O/c1-10(2)16(13(17)11(3)14)9-12-7-5-6-8-15(12)4/h10-12H,5-9,14H2,1-4H3/t11-,12+/m0/s1. The summed E-state index contributed by atoms with van der Waals surface area (Å²) in [6.45, 7) is 7.84. The molecule has 1 saturated heterocycles. The lowest BCUT2D eigenvalue weighted by Crippen LogP contribution is -2.52. The van der Waals surface area contributed by atoms with Gasteiger partial charge >= 0.3 is 0 Å². The SMILES string of the molecule is CC(C)N(C[C@H]1CCCCN1C)C(=O)[C@H](C)N. The highest BCUT2D eigenvalue weighted by atomic mass is 16.2. The van der Waals surface area contributed by atoms with Gasteiger partial charge in [-0.05, 0) is 47.2 Å². The maximum atomic E-state index is 12.0. The maximum Gasteiger partial charge on any atom is 0.239 e. The van der Waals surface area contributed by atoms with Gasteiger partial charge in [-0.25, -0.2) is 0 Å². The lowest BCUT2D eigenvalue weighted by molar-refractivity contribution is -0.135. The van der Waals surface area contributed by atoms with Gasteiger partial charge in [0.15, 0.2) is 0 Å². The second kappa shape index (κ2) is 6.36. The number of nitrogens with zero attached hydrogens (tertiary/aromatic N) is 2. The molecule has 0 unspecified atom stereocenters. The Labute approximate surface area is 105 Å². The van der Waals surface area contributed by atoms with Crippen molar-refractivity contribution in [3.63, 3.8) is 0 Å². The van der Waals surface area contributed by atoms with E-state index in [9.17, 15) is 4.79 Å². The molecule has 4 nitrogen and oxygen atoms in total. The summed E-state index contributed by atoms with van der Waals surface area (Å²) in [7, 11) is 2.15. The number of piperidine rings is 1. The van der Waals surface area contributed by atoms with Crippen molar-refractivity contribution in [1.82, 2.24) is 9.80 Å². The number of likely N-dealkylation sites (N-methyl/N-ethyl adjacent to an activating group) is 1. The van der Waals surface area contributed by atoms with Crippen LogP contribution in [0, 0.1) is 0 Å². The molecule has 0 aromatic carbocycles. The van der Waals surface area contributed by atoms with Gasteiger partial charge < -0.3 is 15.5 Å². The molecule has 0 aliphatic carbocycles. The van der Waals surface area contributed by atoms with Gasteiger partial charge in [-0.15, -0.1) is 0 Å². The Bertz CT molecular complexity index is 253. The highest BCUT2D eigenvalue weighted by Crippen LogP contribution is 2.17. The molecule has 0 radical (unpaired) electrons. The summed E-state index contributed by atoms with van der Waals surface area (Å²) >= 11 is 0. The van der Waals surface area contributed by atoms with E-state index >= 15 is 0 Å². The van der Waals surface area contributed by atoms with Crippen LogP contribution >= 0.6 is 0 Å². The number of likely N-dealkylation sites (tertiary alicyclic amines) is 1. The Morgan fingerprint density at radius 3 is 2.53 bits per heavy atom. The number of carbonyl (C=O) groups is 1. The number of hydrogen-bond donors (Lipinski definition) is 1. The summed E-state index contributed by atoms with van der Waals surface area (Å²) in [5.41, 5.74) is 5.71. The molecule has 0 aromatic rings. The van der Waals surface area contributed by atoms with Gasteiger partial charge in [0.1, 0.15) is 0 Å². The van der Waals surface area contributed by atoms with Crippen LogP contribution in [0.3, 0.4) is 0 Å². The molecule has 0 bridgehead atoms. The van der Waals surface area contributed by atoms with Gasteiger partial charge in [-0.2, -0.15) is 0 Å². The Morgan fingerprint density at radius 2 is 2.06 bits per heavy atom. The van der Waals surface area contributed by atoms with Crippen molar-refractivity contribution in [3.8, 4) is 0 Å². The summed E-state index contributed by atoms with van der Waals surface area (Å²) in [4.78, 5) is 16.3. The van der Waals surface area contributed by atoms with Crippen molar-refractivity contribution < 1.29 is 4.79 Å². The molecule has 100 valence electrons. The van der Waals surface area contributed by atoms with E-state index < -0.39 is 6.04 Å². The molecular formula is C13H27N3O. The number of rotatable bonds is 4. The van der Waals surface area contributed by atoms with E-state index in [4.69, 9.17) is 5.73 Å². The zero-order valence-electron chi connectivity index (χ0n) is 11.6. The van der Waals surface area contributed by atoms with Gasteiger partial charge in [-0.3, -0.25) is 4.79 Å². The van der Waals surface area contributed by atoms with Gasteiger partial charge in [0.25, 0.3) is 0 Å². The number of nitrogens with two attached hydrogens (primary N) is 1. The summed E-state index contributed by atoms with van der Waals surface area (Å²) < 4.78 is 0. The fourth-order valence-electron chi connectivity index (χ4n) is 2.42. The van der Waals surface area contributed by atoms with Gasteiger partial charge in [0.05, 0.1) is 6.04 Å². The second-order valence-corrected chi connectivity index (χ2v) is 5.50. The van der Waals surface area contributed by atoms with Crippen LogP contribution in [0.2, 0.25) is 0 Å². The topological polar surface area (TPSA) is 49.6 Å². The van der Waals surface area contributed by atoms with Crippen LogP contribution < -0.4 is 5.73 Å². The maximum absolute atomic E-state index is 12.0. The van der Waals surface area contributed by atoms with Crippen LogP contribution in [0.5, 0.6) is 0 Å². The van der Waals surface area contributed by atoms with E-state index in [1.807, 2.05) is 4.90 Å². The molecule has 1 aliphatic heterocycles. The number of amides is 1. The van der Waals surface area contributed by atoms with E-state index in [1.165, 1.54) is 19.3 Å². The molecule has 1 aliphatic rings. The Hall–Kier alpha value is -0.610. The third-order valence-corrected chi connectivity index (χ3v) is 3.62. The molecule has 2 N–H and O–H groups in total. The van der Waals surface area contributed by atoms with Gasteiger partial charge in [0, 0.05) is 18.6 Å². The first-order valence-corrected chi connectivity index (χ1v) is 6.69. The molecule has 0 spiro atoms. The summed E-state index contributed by atoms with van der Waals surface area (Å²) in [5.74, 6) is 0.0685. The first kappa shape index (κ1) is 14.5. The van der Waals surface area contributed by atoms with Crippen molar-refractivity contribution in [1.29, 1.82) is 0 Å². The Kier molecular flexibility index (Phi) is 5.40. The Balaban J connectivity index is 2.62. The summed E-state index contributed by atoms with van der Waals surface area (Å²) in [5, 5.41) is 0. The first-order valence-electron chi connectivity index (χ1n) is 6.69. The lowest BCUT2D eigenvalue weighted by atomic mass is 10.0. The molecule has 1 rings (SSSR count). The molecule has 17 heavy (non-hydrogen) atoms. The molecule has 2 atom stereocenters.